The Morgan fingerprint density at radius 3 is 2.77 bits per heavy atom. The number of fused-ring (bicyclic) bond motifs is 1. The molecule has 0 spiro atoms. The lowest BCUT2D eigenvalue weighted by molar-refractivity contribution is -0.141. The normalized spacial score (nSPS) is 20.3. The number of alkyl halides is 3. The molecule has 31 heavy (non-hydrogen) atoms. The van der Waals surface area contributed by atoms with Crippen molar-refractivity contribution in [2.24, 2.45) is 11.7 Å². The van der Waals surface area contributed by atoms with Crippen molar-refractivity contribution >= 4 is 17.8 Å². The number of piperidine rings is 1. The van der Waals surface area contributed by atoms with Gasteiger partial charge in [-0.05, 0) is 37.6 Å². The fraction of sp³-hybridized carbons (Fsp3) is 0.350. The van der Waals surface area contributed by atoms with Crippen LogP contribution in [0.2, 0.25) is 0 Å². The van der Waals surface area contributed by atoms with Gasteiger partial charge < -0.3 is 16.0 Å². The number of halogens is 3. The van der Waals surface area contributed by atoms with Crippen molar-refractivity contribution in [2.45, 2.75) is 32.0 Å². The van der Waals surface area contributed by atoms with Crippen LogP contribution in [-0.2, 0) is 6.18 Å². The molecular weight excluding hydrogens is 409 g/mol. The third-order valence-electron chi connectivity index (χ3n) is 5.62. The smallest absolute Gasteiger partial charge is 0.404 e. The van der Waals surface area contributed by atoms with Crippen molar-refractivity contribution in [1.82, 2.24) is 24.3 Å². The van der Waals surface area contributed by atoms with Gasteiger partial charge >= 0.3 is 6.18 Å². The lowest BCUT2D eigenvalue weighted by atomic mass is 9.85. The van der Waals surface area contributed by atoms with Gasteiger partial charge in [0.2, 0.25) is 5.95 Å². The highest BCUT2D eigenvalue weighted by Gasteiger charge is 2.34. The SMILES string of the molecule is CC1C(/C(C=N)=C/N)CCCN1c1nccc(-c2cnc3cnc(C(F)(F)F)cn23)n1. The van der Waals surface area contributed by atoms with Crippen LogP contribution in [0.1, 0.15) is 25.5 Å². The summed E-state index contributed by atoms with van der Waals surface area (Å²) in [6.45, 7) is 2.76. The Bertz CT molecular complexity index is 1140. The lowest BCUT2D eigenvalue weighted by Crippen LogP contribution is -2.45. The Kier molecular flexibility index (Phi) is 5.34. The third kappa shape index (κ3) is 3.82. The van der Waals surface area contributed by atoms with E-state index in [2.05, 4.69) is 19.9 Å². The number of hydrogen-bond donors (Lipinski definition) is 2. The Hall–Kier alpha value is -3.50. The molecule has 1 saturated heterocycles. The zero-order valence-corrected chi connectivity index (χ0v) is 16.7. The number of anilines is 1. The summed E-state index contributed by atoms with van der Waals surface area (Å²) in [5.41, 5.74) is 6.59. The molecule has 1 fully saturated rings. The Morgan fingerprint density at radius 1 is 1.26 bits per heavy atom. The second kappa shape index (κ2) is 7.97. The van der Waals surface area contributed by atoms with E-state index in [4.69, 9.17) is 11.1 Å². The number of rotatable bonds is 4. The maximum absolute atomic E-state index is 13.1. The first-order valence-corrected chi connectivity index (χ1v) is 9.76. The minimum atomic E-state index is -4.56. The van der Waals surface area contributed by atoms with Crippen LogP contribution in [0.15, 0.2) is 42.6 Å². The molecular formula is C20H21F3N8. The number of nitrogens with one attached hydrogen (secondary N) is 1. The average molecular weight is 430 g/mol. The lowest BCUT2D eigenvalue weighted by Gasteiger charge is -2.39. The van der Waals surface area contributed by atoms with Gasteiger partial charge in [0, 0.05) is 37.1 Å². The predicted octanol–water partition coefficient (Wildman–Crippen LogP) is 3.30. The minimum absolute atomic E-state index is 0.00335. The van der Waals surface area contributed by atoms with Crippen LogP contribution < -0.4 is 10.6 Å². The molecule has 2 atom stereocenters. The maximum atomic E-state index is 13.1. The number of aromatic nitrogens is 5. The summed E-state index contributed by atoms with van der Waals surface area (Å²) in [5.74, 6) is 0.538. The van der Waals surface area contributed by atoms with Gasteiger partial charge in [-0.2, -0.15) is 13.2 Å². The summed E-state index contributed by atoms with van der Waals surface area (Å²) in [7, 11) is 0. The first kappa shape index (κ1) is 20.8. The monoisotopic (exact) mass is 430 g/mol. The van der Waals surface area contributed by atoms with E-state index in [1.807, 2.05) is 11.8 Å². The van der Waals surface area contributed by atoms with Crippen molar-refractivity contribution in [1.29, 1.82) is 5.41 Å². The van der Waals surface area contributed by atoms with E-state index in [9.17, 15) is 13.2 Å². The van der Waals surface area contributed by atoms with Crippen LogP contribution >= 0.6 is 0 Å². The number of nitrogens with two attached hydrogens (primary N) is 1. The molecule has 8 nitrogen and oxygen atoms in total. The maximum Gasteiger partial charge on any atom is 0.434 e. The predicted molar refractivity (Wildman–Crippen MR) is 110 cm³/mol. The van der Waals surface area contributed by atoms with E-state index >= 15 is 0 Å². The quantitative estimate of drug-likeness (QED) is 0.615. The van der Waals surface area contributed by atoms with Gasteiger partial charge in [0.1, 0.15) is 0 Å². The minimum Gasteiger partial charge on any atom is -0.404 e. The second-order valence-corrected chi connectivity index (χ2v) is 7.38. The standard InChI is InChI=1S/C20H21F3N8/c1-12-14(13(7-24)8-25)3-2-6-30(12)19-26-5-4-15(29-19)16-9-28-18-10-27-17(11-31(16)18)20(21,22)23/h4-5,7-12,14,24H,2-3,6,25H2,1H3/b13-8+,24-7?. The molecule has 1 aliphatic rings. The summed E-state index contributed by atoms with van der Waals surface area (Å²) < 4.78 is 40.7. The summed E-state index contributed by atoms with van der Waals surface area (Å²) in [6, 6.07) is 1.64. The van der Waals surface area contributed by atoms with Crippen LogP contribution in [0.25, 0.3) is 17.0 Å². The molecule has 3 aromatic heterocycles. The van der Waals surface area contributed by atoms with Gasteiger partial charge in [0.05, 0.1) is 23.8 Å². The van der Waals surface area contributed by atoms with Crippen molar-refractivity contribution in [3.05, 3.63) is 48.3 Å². The van der Waals surface area contributed by atoms with Crippen LogP contribution in [0, 0.1) is 11.3 Å². The highest BCUT2D eigenvalue weighted by Crippen LogP contribution is 2.32. The number of hydrogen-bond acceptors (Lipinski definition) is 7. The van der Waals surface area contributed by atoms with Gasteiger partial charge in [-0.3, -0.25) is 4.40 Å². The van der Waals surface area contributed by atoms with E-state index in [0.717, 1.165) is 37.4 Å². The molecule has 1 aliphatic heterocycles. The van der Waals surface area contributed by atoms with Crippen LogP contribution in [0.4, 0.5) is 19.1 Å². The molecule has 0 amide bonds. The van der Waals surface area contributed by atoms with E-state index in [-0.39, 0.29) is 12.0 Å². The van der Waals surface area contributed by atoms with Gasteiger partial charge in [-0.25, -0.2) is 19.9 Å². The number of nitrogens with zero attached hydrogens (tertiary/aromatic N) is 6. The molecule has 3 aromatic rings. The summed E-state index contributed by atoms with van der Waals surface area (Å²) in [5, 5.41) is 7.61. The first-order valence-electron chi connectivity index (χ1n) is 9.76. The fourth-order valence-electron chi connectivity index (χ4n) is 4.00. The average Bonchev–Trinajstić information content (AvgIpc) is 3.18. The highest BCUT2D eigenvalue weighted by atomic mass is 19.4. The van der Waals surface area contributed by atoms with Crippen molar-refractivity contribution in [3.63, 3.8) is 0 Å². The topological polar surface area (TPSA) is 109 Å². The van der Waals surface area contributed by atoms with Crippen molar-refractivity contribution in [2.75, 3.05) is 11.4 Å². The van der Waals surface area contributed by atoms with Gasteiger partial charge in [-0.15, -0.1) is 0 Å². The van der Waals surface area contributed by atoms with Crippen LogP contribution in [0.3, 0.4) is 0 Å². The van der Waals surface area contributed by atoms with E-state index in [1.54, 1.807) is 12.3 Å². The van der Waals surface area contributed by atoms with E-state index < -0.39 is 11.9 Å². The Morgan fingerprint density at radius 2 is 2.06 bits per heavy atom. The molecule has 4 rings (SSSR count). The third-order valence-corrected chi connectivity index (χ3v) is 5.62. The fourth-order valence-corrected chi connectivity index (χ4v) is 4.00. The molecule has 0 bridgehead atoms. The van der Waals surface area contributed by atoms with E-state index in [0.29, 0.717) is 23.0 Å². The van der Waals surface area contributed by atoms with E-state index in [1.165, 1.54) is 23.0 Å². The van der Waals surface area contributed by atoms with Crippen LogP contribution in [0.5, 0.6) is 0 Å². The molecule has 4 heterocycles. The van der Waals surface area contributed by atoms with Crippen molar-refractivity contribution < 1.29 is 13.2 Å². The molecule has 11 heteroatoms. The highest BCUT2D eigenvalue weighted by molar-refractivity contribution is 5.76. The summed E-state index contributed by atoms with van der Waals surface area (Å²) in [4.78, 5) is 18.6. The second-order valence-electron chi connectivity index (χ2n) is 7.38. The first-order chi connectivity index (χ1) is 14.8. The number of imidazole rings is 1. The van der Waals surface area contributed by atoms with Crippen LogP contribution in [-0.4, -0.2) is 43.1 Å². The van der Waals surface area contributed by atoms with Gasteiger partial charge in [-0.1, -0.05) is 0 Å². The molecule has 2 unspecified atom stereocenters. The van der Waals surface area contributed by atoms with Gasteiger partial charge in [0.25, 0.3) is 0 Å². The molecule has 0 saturated carbocycles. The summed E-state index contributed by atoms with van der Waals surface area (Å²) in [6.07, 6.45) is 5.00. The summed E-state index contributed by atoms with van der Waals surface area (Å²) >= 11 is 0. The molecule has 3 N–H and O–H groups in total. The molecule has 0 aliphatic carbocycles. The van der Waals surface area contributed by atoms with Crippen molar-refractivity contribution in [3.8, 4) is 11.4 Å². The largest absolute Gasteiger partial charge is 0.434 e. The Labute approximate surface area is 176 Å². The van der Waals surface area contributed by atoms with Gasteiger partial charge in [0.15, 0.2) is 11.3 Å². The molecule has 0 aromatic carbocycles. The zero-order chi connectivity index (χ0) is 22.2. The molecule has 0 radical (unpaired) electrons. The Balaban J connectivity index is 1.71. The molecule has 162 valence electrons. The zero-order valence-electron chi connectivity index (χ0n) is 16.7.